The molecule has 0 aromatic heterocycles. The number of nitriles is 1. The molecule has 0 heterocycles. The first-order valence-electron chi connectivity index (χ1n) is 6.93. The van der Waals surface area contributed by atoms with Gasteiger partial charge in [-0.2, -0.15) is 5.26 Å². The second-order valence-electron chi connectivity index (χ2n) is 4.38. The summed E-state index contributed by atoms with van der Waals surface area (Å²) >= 11 is 0. The molecular weight excluding hydrogens is 270 g/mol. The van der Waals surface area contributed by atoms with E-state index in [1.54, 1.807) is 6.07 Å². The lowest BCUT2D eigenvalue weighted by atomic mass is 10.1. The van der Waals surface area contributed by atoms with Gasteiger partial charge in [0.1, 0.15) is 18.0 Å². The first kappa shape index (κ1) is 16.8. The van der Waals surface area contributed by atoms with Gasteiger partial charge in [0.15, 0.2) is 6.61 Å². The standard InChI is InChI=1S/C15H21N3O3/c1-2-9-20-13-4-3-12(5-6-16)14(10-13)21-11-15(19)18-8-7-17/h3-4,10H,2,5-6,8-9,11,16H2,1H3,(H,18,19). The SMILES string of the molecule is CCCOc1ccc(CCN)c(OCC(=O)NCC#N)c1. The lowest BCUT2D eigenvalue weighted by Gasteiger charge is -2.13. The average molecular weight is 291 g/mol. The van der Waals surface area contributed by atoms with E-state index >= 15 is 0 Å². The molecule has 0 aliphatic carbocycles. The lowest BCUT2D eigenvalue weighted by Crippen LogP contribution is -2.29. The Labute approximate surface area is 124 Å². The van der Waals surface area contributed by atoms with Crippen LogP contribution in [0.2, 0.25) is 0 Å². The molecule has 0 fully saturated rings. The van der Waals surface area contributed by atoms with Gasteiger partial charge < -0.3 is 20.5 Å². The minimum Gasteiger partial charge on any atom is -0.493 e. The Morgan fingerprint density at radius 1 is 1.43 bits per heavy atom. The van der Waals surface area contributed by atoms with Gasteiger partial charge in [0, 0.05) is 6.07 Å². The molecule has 1 aromatic rings. The van der Waals surface area contributed by atoms with Gasteiger partial charge in [-0.3, -0.25) is 4.79 Å². The van der Waals surface area contributed by atoms with Crippen molar-refractivity contribution >= 4 is 5.91 Å². The van der Waals surface area contributed by atoms with Gasteiger partial charge in [-0.25, -0.2) is 0 Å². The van der Waals surface area contributed by atoms with E-state index in [1.165, 1.54) is 0 Å². The van der Waals surface area contributed by atoms with Crippen LogP contribution in [0, 0.1) is 11.3 Å². The van der Waals surface area contributed by atoms with E-state index in [0.29, 0.717) is 31.1 Å². The van der Waals surface area contributed by atoms with Gasteiger partial charge in [-0.05, 0) is 31.0 Å². The summed E-state index contributed by atoms with van der Waals surface area (Å²) in [5.74, 6) is 0.946. The van der Waals surface area contributed by atoms with Crippen molar-refractivity contribution in [2.75, 3.05) is 26.3 Å². The Morgan fingerprint density at radius 3 is 2.90 bits per heavy atom. The van der Waals surface area contributed by atoms with Crippen LogP contribution in [0.1, 0.15) is 18.9 Å². The Kier molecular flexibility index (Phi) is 7.69. The molecule has 1 aromatic carbocycles. The van der Waals surface area contributed by atoms with Gasteiger partial charge >= 0.3 is 0 Å². The highest BCUT2D eigenvalue weighted by molar-refractivity contribution is 5.77. The van der Waals surface area contributed by atoms with Crippen molar-refractivity contribution in [1.29, 1.82) is 5.26 Å². The number of benzene rings is 1. The number of nitrogens with zero attached hydrogens (tertiary/aromatic N) is 1. The Balaban J connectivity index is 2.71. The van der Waals surface area contributed by atoms with Crippen LogP contribution in [0.15, 0.2) is 18.2 Å². The predicted molar refractivity (Wildman–Crippen MR) is 79.1 cm³/mol. The topological polar surface area (TPSA) is 97.4 Å². The molecule has 1 amide bonds. The van der Waals surface area contributed by atoms with Crippen LogP contribution >= 0.6 is 0 Å². The first-order chi connectivity index (χ1) is 10.2. The van der Waals surface area contributed by atoms with E-state index < -0.39 is 0 Å². The third-order valence-electron chi connectivity index (χ3n) is 2.65. The van der Waals surface area contributed by atoms with Crippen LogP contribution < -0.4 is 20.5 Å². The monoisotopic (exact) mass is 291 g/mol. The van der Waals surface area contributed by atoms with Gasteiger partial charge in [-0.15, -0.1) is 0 Å². The largest absolute Gasteiger partial charge is 0.493 e. The molecule has 0 atom stereocenters. The maximum atomic E-state index is 11.5. The third kappa shape index (κ3) is 6.15. The number of hydrogen-bond acceptors (Lipinski definition) is 5. The summed E-state index contributed by atoms with van der Waals surface area (Å²) in [6.07, 6.45) is 1.57. The van der Waals surface area contributed by atoms with E-state index in [9.17, 15) is 4.79 Å². The summed E-state index contributed by atoms with van der Waals surface area (Å²) in [4.78, 5) is 11.5. The molecule has 0 unspecified atom stereocenters. The van der Waals surface area contributed by atoms with Crippen LogP contribution in [-0.2, 0) is 11.2 Å². The normalized spacial score (nSPS) is 9.76. The Hall–Kier alpha value is -2.26. The fourth-order valence-corrected chi connectivity index (χ4v) is 1.67. The van der Waals surface area contributed by atoms with Crippen LogP contribution in [0.3, 0.4) is 0 Å². The molecule has 0 bridgehead atoms. The van der Waals surface area contributed by atoms with Gasteiger partial charge in [0.05, 0.1) is 12.7 Å². The summed E-state index contributed by atoms with van der Waals surface area (Å²) in [7, 11) is 0. The molecule has 6 nitrogen and oxygen atoms in total. The summed E-state index contributed by atoms with van der Waals surface area (Å²) < 4.78 is 11.1. The molecule has 21 heavy (non-hydrogen) atoms. The number of hydrogen-bond donors (Lipinski definition) is 2. The van der Waals surface area contributed by atoms with E-state index in [4.69, 9.17) is 20.5 Å². The Morgan fingerprint density at radius 2 is 2.24 bits per heavy atom. The second-order valence-corrected chi connectivity index (χ2v) is 4.38. The molecule has 3 N–H and O–H groups in total. The van der Waals surface area contributed by atoms with E-state index in [2.05, 4.69) is 5.32 Å². The minimum atomic E-state index is -0.338. The quantitative estimate of drug-likeness (QED) is 0.661. The molecule has 0 aliphatic heterocycles. The molecule has 0 radical (unpaired) electrons. The van der Waals surface area contributed by atoms with Crippen LogP contribution in [0.25, 0.3) is 0 Å². The molecule has 0 saturated carbocycles. The number of carbonyl (C=O) groups excluding carboxylic acids is 1. The Bertz CT molecular complexity index is 497. The van der Waals surface area contributed by atoms with Crippen molar-refractivity contribution in [3.63, 3.8) is 0 Å². The van der Waals surface area contributed by atoms with Crippen LogP contribution in [0.5, 0.6) is 11.5 Å². The fraction of sp³-hybridized carbons (Fsp3) is 0.467. The zero-order valence-electron chi connectivity index (χ0n) is 12.2. The summed E-state index contributed by atoms with van der Waals surface area (Å²) in [6, 6.07) is 7.35. The predicted octanol–water partition coefficient (Wildman–Crippen LogP) is 0.995. The highest BCUT2D eigenvalue weighted by atomic mass is 16.5. The first-order valence-corrected chi connectivity index (χ1v) is 6.93. The molecule has 0 spiro atoms. The van der Waals surface area contributed by atoms with Crippen molar-refractivity contribution in [1.82, 2.24) is 5.32 Å². The number of nitrogens with two attached hydrogens (primary N) is 1. The lowest BCUT2D eigenvalue weighted by molar-refractivity contribution is -0.122. The van der Waals surface area contributed by atoms with Crippen LogP contribution in [-0.4, -0.2) is 32.2 Å². The van der Waals surface area contributed by atoms with Crippen LogP contribution in [0.4, 0.5) is 0 Å². The second kappa shape index (κ2) is 9.61. The smallest absolute Gasteiger partial charge is 0.258 e. The van der Waals surface area contributed by atoms with Gasteiger partial charge in [0.2, 0.25) is 0 Å². The number of amides is 1. The third-order valence-corrected chi connectivity index (χ3v) is 2.65. The molecule has 0 aliphatic rings. The maximum absolute atomic E-state index is 11.5. The maximum Gasteiger partial charge on any atom is 0.258 e. The van der Waals surface area contributed by atoms with Gasteiger partial charge in [-0.1, -0.05) is 13.0 Å². The zero-order chi connectivity index (χ0) is 15.5. The number of ether oxygens (including phenoxy) is 2. The van der Waals surface area contributed by atoms with Crippen molar-refractivity contribution in [2.24, 2.45) is 5.73 Å². The molecular formula is C15H21N3O3. The summed E-state index contributed by atoms with van der Waals surface area (Å²) in [5.41, 5.74) is 6.49. The summed E-state index contributed by atoms with van der Waals surface area (Å²) in [5, 5.41) is 10.8. The van der Waals surface area contributed by atoms with Crippen molar-refractivity contribution in [2.45, 2.75) is 19.8 Å². The fourth-order valence-electron chi connectivity index (χ4n) is 1.67. The van der Waals surface area contributed by atoms with E-state index in [1.807, 2.05) is 25.1 Å². The highest BCUT2D eigenvalue weighted by Crippen LogP contribution is 2.25. The molecule has 114 valence electrons. The van der Waals surface area contributed by atoms with Crippen molar-refractivity contribution < 1.29 is 14.3 Å². The van der Waals surface area contributed by atoms with Gasteiger partial charge in [0.25, 0.3) is 5.91 Å². The highest BCUT2D eigenvalue weighted by Gasteiger charge is 2.08. The zero-order valence-corrected chi connectivity index (χ0v) is 12.2. The summed E-state index contributed by atoms with van der Waals surface area (Å²) in [6.45, 7) is 2.97. The molecule has 0 saturated heterocycles. The molecule has 6 heteroatoms. The average Bonchev–Trinajstić information content (AvgIpc) is 2.50. The van der Waals surface area contributed by atoms with Crippen molar-refractivity contribution in [3.8, 4) is 17.6 Å². The molecule has 1 rings (SSSR count). The number of rotatable bonds is 9. The van der Waals surface area contributed by atoms with E-state index in [0.717, 1.165) is 12.0 Å². The van der Waals surface area contributed by atoms with E-state index in [-0.39, 0.29) is 19.1 Å². The van der Waals surface area contributed by atoms with Crippen molar-refractivity contribution in [3.05, 3.63) is 23.8 Å². The number of carbonyl (C=O) groups is 1. The minimum absolute atomic E-state index is 0.0303. The number of nitrogens with one attached hydrogen (secondary N) is 1.